The first kappa shape index (κ1) is 15.3. The van der Waals surface area contributed by atoms with Gasteiger partial charge in [0.05, 0.1) is 5.41 Å². The van der Waals surface area contributed by atoms with Crippen molar-refractivity contribution in [2.75, 3.05) is 0 Å². The van der Waals surface area contributed by atoms with Crippen LogP contribution in [0, 0.1) is 11.3 Å². The Bertz CT molecular complexity index is 237. The molecule has 2 N–H and O–H groups in total. The minimum absolute atomic E-state index is 0.258. The van der Waals surface area contributed by atoms with E-state index in [9.17, 15) is 4.79 Å². The van der Waals surface area contributed by atoms with E-state index in [1.165, 1.54) is 0 Å². The van der Waals surface area contributed by atoms with Gasteiger partial charge in [0, 0.05) is 0 Å². The van der Waals surface area contributed by atoms with E-state index in [0.29, 0.717) is 12.3 Å². The predicted molar refractivity (Wildman–Crippen MR) is 58.7 cm³/mol. The van der Waals surface area contributed by atoms with Crippen molar-refractivity contribution in [2.45, 2.75) is 53.1 Å². The molecule has 1 unspecified atom stereocenters. The lowest BCUT2D eigenvalue weighted by molar-refractivity contribution is -0.329. The second-order valence-electron chi connectivity index (χ2n) is 5.58. The maximum atomic E-state index is 11.3. The summed E-state index contributed by atoms with van der Waals surface area (Å²) in [4.78, 5) is 19.5. The molecular formula is C11H22O5. The van der Waals surface area contributed by atoms with Gasteiger partial charge in [0.1, 0.15) is 5.60 Å². The van der Waals surface area contributed by atoms with Crippen molar-refractivity contribution in [1.29, 1.82) is 0 Å². The molecule has 0 fully saturated rings. The molecule has 0 radical (unpaired) electrons. The lowest BCUT2D eigenvalue weighted by Crippen LogP contribution is -2.39. The van der Waals surface area contributed by atoms with Crippen LogP contribution in [0.3, 0.4) is 0 Å². The van der Waals surface area contributed by atoms with Crippen LogP contribution in [0.4, 0.5) is 0 Å². The Hall–Kier alpha value is -0.650. The van der Waals surface area contributed by atoms with Crippen molar-refractivity contribution in [3.63, 3.8) is 0 Å². The monoisotopic (exact) mass is 234 g/mol. The highest BCUT2D eigenvalue weighted by molar-refractivity contribution is 5.75. The normalized spacial score (nSPS) is 16.0. The van der Waals surface area contributed by atoms with E-state index >= 15 is 0 Å². The molecule has 0 amide bonds. The smallest absolute Gasteiger partial charge is 0.300 e. The summed E-state index contributed by atoms with van der Waals surface area (Å²) in [5.41, 5.74) is -1.74. The Kier molecular flexibility index (Phi) is 5.38. The number of rotatable bonds is 6. The molecule has 0 aromatic heterocycles. The quantitative estimate of drug-likeness (QED) is 0.546. The molecule has 0 aromatic carbocycles. The van der Waals surface area contributed by atoms with Crippen LogP contribution in [0.15, 0.2) is 0 Å². The third kappa shape index (κ3) is 4.47. The molecule has 5 heteroatoms. The third-order valence-electron chi connectivity index (χ3n) is 2.51. The summed E-state index contributed by atoms with van der Waals surface area (Å²) in [6, 6.07) is 0. The molecular weight excluding hydrogens is 212 g/mol. The summed E-state index contributed by atoms with van der Waals surface area (Å²) < 4.78 is 0. The van der Waals surface area contributed by atoms with Crippen LogP contribution >= 0.6 is 0 Å². The number of hydrogen-bond donors (Lipinski definition) is 2. The zero-order chi connectivity index (χ0) is 13.0. The van der Waals surface area contributed by atoms with E-state index < -0.39 is 17.0 Å². The van der Waals surface area contributed by atoms with E-state index in [1.807, 2.05) is 13.8 Å². The van der Waals surface area contributed by atoms with E-state index in [0.717, 1.165) is 0 Å². The van der Waals surface area contributed by atoms with Crippen LogP contribution in [0.5, 0.6) is 0 Å². The lowest BCUT2D eigenvalue weighted by atomic mass is 9.78. The van der Waals surface area contributed by atoms with Crippen molar-refractivity contribution in [1.82, 2.24) is 0 Å². The van der Waals surface area contributed by atoms with Gasteiger partial charge >= 0.3 is 5.97 Å². The molecule has 5 nitrogen and oxygen atoms in total. The zero-order valence-electron chi connectivity index (χ0n) is 10.6. The molecule has 0 saturated carbocycles. The molecule has 96 valence electrons. The van der Waals surface area contributed by atoms with Crippen LogP contribution in [-0.2, 0) is 14.6 Å². The molecule has 0 aromatic rings. The van der Waals surface area contributed by atoms with Crippen LogP contribution < -0.4 is 0 Å². The minimum Gasteiger partial charge on any atom is -0.300 e. The Morgan fingerprint density at radius 2 is 1.75 bits per heavy atom. The predicted octanol–water partition coefficient (Wildman–Crippen LogP) is 2.71. The van der Waals surface area contributed by atoms with Crippen LogP contribution in [0.1, 0.15) is 47.5 Å². The fraction of sp³-hybridized carbons (Fsp3) is 0.909. The van der Waals surface area contributed by atoms with Gasteiger partial charge in [-0.3, -0.25) is 5.26 Å². The first-order valence-electron chi connectivity index (χ1n) is 5.35. The standard InChI is InChI=1S/C11H22O5/c1-8(2)6-11(5,16-14)7-10(3,4)9(12)15-13/h8,13-14H,6-7H2,1-5H3. The first-order chi connectivity index (χ1) is 7.17. The van der Waals surface area contributed by atoms with Gasteiger partial charge in [-0.15, -0.1) is 0 Å². The molecule has 0 aliphatic rings. The van der Waals surface area contributed by atoms with Gasteiger partial charge in [-0.05, 0) is 39.5 Å². The van der Waals surface area contributed by atoms with Crippen molar-refractivity contribution < 1.29 is 25.1 Å². The highest BCUT2D eigenvalue weighted by Crippen LogP contribution is 2.35. The van der Waals surface area contributed by atoms with Crippen molar-refractivity contribution in [3.05, 3.63) is 0 Å². The first-order valence-corrected chi connectivity index (χ1v) is 5.35. The number of hydrogen-bond acceptors (Lipinski definition) is 5. The van der Waals surface area contributed by atoms with Gasteiger partial charge < -0.3 is 4.89 Å². The topological polar surface area (TPSA) is 76.0 Å². The molecule has 0 aliphatic heterocycles. The Morgan fingerprint density at radius 3 is 2.06 bits per heavy atom. The van der Waals surface area contributed by atoms with Crippen LogP contribution in [-0.4, -0.2) is 22.1 Å². The SMILES string of the molecule is CC(C)CC(C)(CC(C)(C)C(=O)OO)OO. The van der Waals surface area contributed by atoms with Crippen molar-refractivity contribution >= 4 is 5.97 Å². The molecule has 0 aliphatic carbocycles. The van der Waals surface area contributed by atoms with E-state index in [-0.39, 0.29) is 6.42 Å². The number of carbonyl (C=O) groups is 1. The molecule has 0 spiro atoms. The highest BCUT2D eigenvalue weighted by Gasteiger charge is 2.40. The zero-order valence-corrected chi connectivity index (χ0v) is 10.6. The average molecular weight is 234 g/mol. The fourth-order valence-corrected chi connectivity index (χ4v) is 2.14. The number of carbonyl (C=O) groups excluding carboxylic acids is 1. The fourth-order valence-electron chi connectivity index (χ4n) is 2.14. The van der Waals surface area contributed by atoms with Gasteiger partial charge in [-0.2, -0.15) is 5.26 Å². The van der Waals surface area contributed by atoms with Gasteiger partial charge in [-0.25, -0.2) is 9.68 Å². The molecule has 0 saturated heterocycles. The highest BCUT2D eigenvalue weighted by atomic mass is 17.1. The maximum Gasteiger partial charge on any atom is 0.347 e. The maximum absolute atomic E-state index is 11.3. The molecule has 1 atom stereocenters. The third-order valence-corrected chi connectivity index (χ3v) is 2.51. The van der Waals surface area contributed by atoms with E-state index in [1.54, 1.807) is 20.8 Å². The molecule has 16 heavy (non-hydrogen) atoms. The Labute approximate surface area is 96.2 Å². The Balaban J connectivity index is 4.69. The average Bonchev–Trinajstić information content (AvgIpc) is 2.14. The van der Waals surface area contributed by atoms with Gasteiger partial charge in [0.2, 0.25) is 0 Å². The van der Waals surface area contributed by atoms with Gasteiger partial charge in [0.25, 0.3) is 0 Å². The Morgan fingerprint density at radius 1 is 1.25 bits per heavy atom. The van der Waals surface area contributed by atoms with Crippen LogP contribution in [0.2, 0.25) is 0 Å². The summed E-state index contributed by atoms with van der Waals surface area (Å²) in [7, 11) is 0. The second-order valence-corrected chi connectivity index (χ2v) is 5.58. The summed E-state index contributed by atoms with van der Waals surface area (Å²) >= 11 is 0. The van der Waals surface area contributed by atoms with E-state index in [2.05, 4.69) is 9.78 Å². The largest absolute Gasteiger partial charge is 0.347 e. The summed E-state index contributed by atoms with van der Waals surface area (Å²) in [5, 5.41) is 17.3. The lowest BCUT2D eigenvalue weighted by Gasteiger charge is -2.33. The van der Waals surface area contributed by atoms with Crippen molar-refractivity contribution in [2.24, 2.45) is 11.3 Å². The molecule has 0 bridgehead atoms. The van der Waals surface area contributed by atoms with Crippen LogP contribution in [0.25, 0.3) is 0 Å². The van der Waals surface area contributed by atoms with Gasteiger partial charge in [-0.1, -0.05) is 13.8 Å². The minimum atomic E-state index is -0.916. The van der Waals surface area contributed by atoms with Crippen molar-refractivity contribution in [3.8, 4) is 0 Å². The van der Waals surface area contributed by atoms with E-state index in [4.69, 9.17) is 10.5 Å². The molecule has 0 rings (SSSR count). The summed E-state index contributed by atoms with van der Waals surface area (Å²) in [6.07, 6.45) is 0.861. The summed E-state index contributed by atoms with van der Waals surface area (Å²) in [6.45, 7) is 8.97. The van der Waals surface area contributed by atoms with Gasteiger partial charge in [0.15, 0.2) is 0 Å². The molecule has 0 heterocycles. The summed E-state index contributed by atoms with van der Waals surface area (Å²) in [5.74, 6) is -0.419. The second kappa shape index (κ2) is 5.61.